The lowest BCUT2D eigenvalue weighted by atomic mass is 9.99. The number of hydrogen-bond donors (Lipinski definition) is 2. The van der Waals surface area contributed by atoms with Gasteiger partial charge in [0.15, 0.2) is 6.10 Å². The molecule has 0 aromatic rings. The van der Waals surface area contributed by atoms with Crippen LogP contribution < -0.4 is 0 Å². The van der Waals surface area contributed by atoms with Crippen molar-refractivity contribution in [1.82, 2.24) is 0 Å². The summed E-state index contributed by atoms with van der Waals surface area (Å²) < 4.78 is 10.5. The Labute approximate surface area is 282 Å². The van der Waals surface area contributed by atoms with Crippen LogP contribution in [-0.2, 0) is 19.1 Å². The third-order valence-corrected chi connectivity index (χ3v) is 8.22. The summed E-state index contributed by atoms with van der Waals surface area (Å²) in [6.45, 7) is 4.45. The molecule has 0 aliphatic heterocycles. The lowest BCUT2D eigenvalue weighted by Gasteiger charge is -2.15. The van der Waals surface area contributed by atoms with Crippen molar-refractivity contribution in [3.05, 3.63) is 48.6 Å². The molecule has 2 N–H and O–H groups in total. The maximum Gasteiger partial charge on any atom is 0.306 e. The summed E-state index contributed by atoms with van der Waals surface area (Å²) in [5, 5.41) is 18.3. The molecule has 1 unspecified atom stereocenters. The molecule has 6 nitrogen and oxygen atoms in total. The predicted octanol–water partition coefficient (Wildman–Crippen LogP) is 10.3. The van der Waals surface area contributed by atoms with E-state index in [1.807, 2.05) is 0 Å². The minimum atomic E-state index is -0.799. The Bertz CT molecular complexity index is 800. The third-order valence-electron chi connectivity index (χ3n) is 8.22. The number of unbranched alkanes of at least 4 members (excludes halogenated alkanes) is 13. The predicted molar refractivity (Wildman–Crippen MR) is 193 cm³/mol. The Morgan fingerprint density at radius 1 is 0.587 bits per heavy atom. The molecule has 0 aliphatic carbocycles. The van der Waals surface area contributed by atoms with E-state index in [2.05, 4.69) is 62.5 Å². The highest BCUT2D eigenvalue weighted by Crippen LogP contribution is 2.15. The Morgan fingerprint density at radius 2 is 1.07 bits per heavy atom. The van der Waals surface area contributed by atoms with E-state index in [1.54, 1.807) is 0 Å². The lowest BCUT2D eigenvalue weighted by molar-refractivity contribution is -0.161. The normalized spacial score (nSPS) is 13.4. The van der Waals surface area contributed by atoms with Gasteiger partial charge in [-0.2, -0.15) is 0 Å². The number of hydrogen-bond acceptors (Lipinski definition) is 6. The number of ether oxygens (including phenoxy) is 2. The first-order chi connectivity index (χ1) is 22.5. The SMILES string of the molecule is CCC(C)CCCCCCCCCCCCC(=O)O[C@@H](CO)COC(=O)CCC/C=C\C/C=C\C/C=C\C/C=C\CCCCCO. The van der Waals surface area contributed by atoms with Crippen LogP contribution in [0.15, 0.2) is 48.6 Å². The average molecular weight is 647 g/mol. The van der Waals surface area contributed by atoms with Gasteiger partial charge in [0.1, 0.15) is 6.61 Å². The average Bonchev–Trinajstić information content (AvgIpc) is 3.06. The molecule has 0 saturated heterocycles. The second kappa shape index (κ2) is 35.7. The maximum absolute atomic E-state index is 12.1. The molecular weight excluding hydrogens is 576 g/mol. The monoisotopic (exact) mass is 647 g/mol. The number of aliphatic hydroxyl groups excluding tert-OH is 2. The van der Waals surface area contributed by atoms with Gasteiger partial charge in [-0.3, -0.25) is 9.59 Å². The molecule has 0 amide bonds. The van der Waals surface area contributed by atoms with Gasteiger partial charge in [0.2, 0.25) is 0 Å². The summed E-state index contributed by atoms with van der Waals surface area (Å²) in [6.07, 6.45) is 40.4. The highest BCUT2D eigenvalue weighted by molar-refractivity contribution is 5.70. The first-order valence-electron chi connectivity index (χ1n) is 18.7. The molecule has 0 radical (unpaired) electrons. The molecule has 0 bridgehead atoms. The number of allylic oxidation sites excluding steroid dienone is 8. The Balaban J connectivity index is 3.68. The second-order valence-electron chi connectivity index (χ2n) is 12.6. The molecule has 266 valence electrons. The zero-order valence-electron chi connectivity index (χ0n) is 29.7. The molecule has 0 aromatic carbocycles. The quantitative estimate of drug-likeness (QED) is 0.0419. The van der Waals surface area contributed by atoms with Crippen LogP contribution in [0.2, 0.25) is 0 Å². The fraction of sp³-hybridized carbons (Fsp3) is 0.750. The van der Waals surface area contributed by atoms with Gasteiger partial charge in [-0.05, 0) is 63.7 Å². The molecule has 0 aliphatic rings. The third kappa shape index (κ3) is 33.2. The zero-order chi connectivity index (χ0) is 33.8. The van der Waals surface area contributed by atoms with E-state index < -0.39 is 6.10 Å². The summed E-state index contributed by atoms with van der Waals surface area (Å²) in [5.74, 6) is 0.197. The second-order valence-corrected chi connectivity index (χ2v) is 12.6. The van der Waals surface area contributed by atoms with E-state index in [0.29, 0.717) is 25.9 Å². The van der Waals surface area contributed by atoms with Crippen molar-refractivity contribution in [3.63, 3.8) is 0 Å². The van der Waals surface area contributed by atoms with Crippen LogP contribution in [0.25, 0.3) is 0 Å². The summed E-state index contributed by atoms with van der Waals surface area (Å²) in [7, 11) is 0. The van der Waals surface area contributed by atoms with Crippen molar-refractivity contribution in [1.29, 1.82) is 0 Å². The Kier molecular flexibility index (Phi) is 34.0. The number of esters is 2. The van der Waals surface area contributed by atoms with E-state index in [1.165, 1.54) is 57.8 Å². The van der Waals surface area contributed by atoms with E-state index in [4.69, 9.17) is 14.6 Å². The largest absolute Gasteiger partial charge is 0.462 e. The number of carbonyl (C=O) groups excluding carboxylic acids is 2. The van der Waals surface area contributed by atoms with Crippen LogP contribution in [0, 0.1) is 5.92 Å². The molecular formula is C40H70O6. The van der Waals surface area contributed by atoms with Gasteiger partial charge < -0.3 is 19.7 Å². The van der Waals surface area contributed by atoms with Crippen LogP contribution in [0.4, 0.5) is 0 Å². The summed E-state index contributed by atoms with van der Waals surface area (Å²) in [5.41, 5.74) is 0. The minimum Gasteiger partial charge on any atom is -0.462 e. The van der Waals surface area contributed by atoms with E-state index >= 15 is 0 Å². The molecule has 6 heteroatoms. The standard InChI is InChI=1S/C40H70O6/c1-3-37(2)31-27-23-19-15-12-13-17-21-25-29-33-40(44)46-38(35-42)36-45-39(43)32-28-24-20-16-11-9-7-5-4-6-8-10-14-18-22-26-30-34-41/h4,6-7,9-10,14,16,20,37-38,41-42H,3,5,8,11-13,15,17-19,21-36H2,1-2H3/b6-4-,9-7-,14-10-,20-16-/t37?,38-/m0/s1. The van der Waals surface area contributed by atoms with Crippen LogP contribution in [-0.4, -0.2) is 48.1 Å². The van der Waals surface area contributed by atoms with Gasteiger partial charge in [0.25, 0.3) is 0 Å². The fourth-order valence-corrected chi connectivity index (χ4v) is 4.97. The molecule has 0 aromatic heterocycles. The molecule has 46 heavy (non-hydrogen) atoms. The zero-order valence-corrected chi connectivity index (χ0v) is 29.7. The van der Waals surface area contributed by atoms with Gasteiger partial charge in [0, 0.05) is 19.4 Å². The minimum absolute atomic E-state index is 0.102. The van der Waals surface area contributed by atoms with E-state index in [9.17, 15) is 14.7 Å². The van der Waals surface area contributed by atoms with Gasteiger partial charge in [-0.15, -0.1) is 0 Å². The van der Waals surface area contributed by atoms with Crippen molar-refractivity contribution in [2.75, 3.05) is 19.8 Å². The summed E-state index contributed by atoms with van der Waals surface area (Å²) in [6, 6.07) is 0. The number of rotatable bonds is 33. The number of aliphatic hydroxyl groups is 2. The van der Waals surface area contributed by atoms with Gasteiger partial charge >= 0.3 is 11.9 Å². The van der Waals surface area contributed by atoms with E-state index in [-0.39, 0.29) is 25.2 Å². The van der Waals surface area contributed by atoms with Crippen molar-refractivity contribution < 1.29 is 29.3 Å². The van der Waals surface area contributed by atoms with Gasteiger partial charge in [-0.25, -0.2) is 0 Å². The molecule has 0 rings (SSSR count). The van der Waals surface area contributed by atoms with E-state index in [0.717, 1.165) is 76.5 Å². The van der Waals surface area contributed by atoms with Crippen molar-refractivity contribution in [2.24, 2.45) is 5.92 Å². The lowest BCUT2D eigenvalue weighted by Crippen LogP contribution is -2.28. The maximum atomic E-state index is 12.1. The Hall–Kier alpha value is -2.18. The molecule has 0 spiro atoms. The van der Waals surface area contributed by atoms with Gasteiger partial charge in [-0.1, -0.05) is 140 Å². The summed E-state index contributed by atoms with van der Waals surface area (Å²) in [4.78, 5) is 24.2. The first kappa shape index (κ1) is 43.8. The van der Waals surface area contributed by atoms with Crippen molar-refractivity contribution in [2.45, 2.75) is 168 Å². The van der Waals surface area contributed by atoms with Crippen molar-refractivity contribution in [3.8, 4) is 0 Å². The summed E-state index contributed by atoms with van der Waals surface area (Å²) >= 11 is 0. The topological polar surface area (TPSA) is 93.1 Å². The smallest absolute Gasteiger partial charge is 0.306 e. The molecule has 0 heterocycles. The van der Waals surface area contributed by atoms with Crippen molar-refractivity contribution >= 4 is 11.9 Å². The number of carbonyl (C=O) groups is 2. The fourth-order valence-electron chi connectivity index (χ4n) is 4.97. The molecule has 0 fully saturated rings. The Morgan fingerprint density at radius 3 is 1.61 bits per heavy atom. The highest BCUT2D eigenvalue weighted by atomic mass is 16.6. The molecule has 2 atom stereocenters. The van der Waals surface area contributed by atoms with Crippen LogP contribution in [0.5, 0.6) is 0 Å². The van der Waals surface area contributed by atoms with Crippen LogP contribution >= 0.6 is 0 Å². The van der Waals surface area contributed by atoms with Gasteiger partial charge in [0.05, 0.1) is 6.61 Å². The molecule has 0 saturated carbocycles. The highest BCUT2D eigenvalue weighted by Gasteiger charge is 2.16. The van der Waals surface area contributed by atoms with Crippen LogP contribution in [0.1, 0.15) is 162 Å². The van der Waals surface area contributed by atoms with Crippen LogP contribution in [0.3, 0.4) is 0 Å². The first-order valence-corrected chi connectivity index (χ1v) is 18.7.